The van der Waals surface area contributed by atoms with E-state index in [1.54, 1.807) is 0 Å². The molecule has 0 amide bonds. The Labute approximate surface area is 122 Å². The van der Waals surface area contributed by atoms with Gasteiger partial charge in [-0.2, -0.15) is 13.2 Å². The van der Waals surface area contributed by atoms with Crippen molar-refractivity contribution in [1.82, 2.24) is 14.9 Å². The predicted octanol–water partition coefficient (Wildman–Crippen LogP) is 3.53. The lowest BCUT2D eigenvalue weighted by molar-refractivity contribution is -0.135. The van der Waals surface area contributed by atoms with Crippen LogP contribution in [0.1, 0.15) is 61.7 Å². The van der Waals surface area contributed by atoms with E-state index < -0.39 is 12.6 Å². The molecule has 1 saturated carbocycles. The fourth-order valence-corrected chi connectivity index (χ4v) is 3.57. The van der Waals surface area contributed by atoms with Crippen LogP contribution < -0.4 is 5.32 Å². The zero-order chi connectivity index (χ0) is 14.9. The lowest BCUT2D eigenvalue weighted by atomic mass is 10.1. The van der Waals surface area contributed by atoms with Gasteiger partial charge in [0.15, 0.2) is 0 Å². The van der Waals surface area contributed by atoms with E-state index in [0.29, 0.717) is 12.5 Å². The van der Waals surface area contributed by atoms with E-state index in [1.165, 1.54) is 12.8 Å². The van der Waals surface area contributed by atoms with Crippen LogP contribution in [0, 0.1) is 0 Å². The Bertz CT molecular complexity index is 487. The molecule has 21 heavy (non-hydrogen) atoms. The first-order valence-corrected chi connectivity index (χ1v) is 7.90. The summed E-state index contributed by atoms with van der Waals surface area (Å²) in [6, 6.07) is 0. The van der Waals surface area contributed by atoms with Crippen molar-refractivity contribution >= 4 is 0 Å². The number of nitrogens with zero attached hydrogens (tertiary/aromatic N) is 2. The molecular formula is C15H22F3N3. The topological polar surface area (TPSA) is 29.9 Å². The van der Waals surface area contributed by atoms with Gasteiger partial charge in [-0.25, -0.2) is 4.98 Å². The predicted molar refractivity (Wildman–Crippen MR) is 74.1 cm³/mol. The van der Waals surface area contributed by atoms with Crippen LogP contribution in [0.3, 0.4) is 0 Å². The van der Waals surface area contributed by atoms with Gasteiger partial charge in [0.1, 0.15) is 5.82 Å². The molecule has 0 atom stereocenters. The Hall–Kier alpha value is -1.04. The summed E-state index contributed by atoms with van der Waals surface area (Å²) in [6.45, 7) is 2.09. The second-order valence-electron chi connectivity index (χ2n) is 6.14. The molecule has 6 heteroatoms. The van der Waals surface area contributed by atoms with Crippen molar-refractivity contribution in [1.29, 1.82) is 0 Å². The smallest absolute Gasteiger partial charge is 0.331 e. The number of hydrogen-bond donors (Lipinski definition) is 1. The Kier molecular flexibility index (Phi) is 4.24. The van der Waals surface area contributed by atoms with E-state index in [9.17, 15) is 13.2 Å². The van der Waals surface area contributed by atoms with E-state index in [-0.39, 0.29) is 6.42 Å². The minimum atomic E-state index is -4.06. The zero-order valence-corrected chi connectivity index (χ0v) is 12.2. The highest BCUT2D eigenvalue weighted by Crippen LogP contribution is 2.35. The first-order chi connectivity index (χ1) is 10.0. The van der Waals surface area contributed by atoms with E-state index >= 15 is 0 Å². The Morgan fingerprint density at radius 2 is 2.00 bits per heavy atom. The van der Waals surface area contributed by atoms with Crippen LogP contribution in [0.25, 0.3) is 0 Å². The average molecular weight is 301 g/mol. The summed E-state index contributed by atoms with van der Waals surface area (Å²) < 4.78 is 39.3. The monoisotopic (exact) mass is 301 g/mol. The van der Waals surface area contributed by atoms with Crippen molar-refractivity contribution < 1.29 is 13.2 Å². The van der Waals surface area contributed by atoms with Gasteiger partial charge in [-0.15, -0.1) is 0 Å². The number of alkyl halides is 3. The van der Waals surface area contributed by atoms with Gasteiger partial charge in [0, 0.05) is 44.1 Å². The van der Waals surface area contributed by atoms with Gasteiger partial charge >= 0.3 is 6.18 Å². The number of imidazole rings is 1. The van der Waals surface area contributed by atoms with Crippen molar-refractivity contribution in [2.24, 2.45) is 0 Å². The molecule has 1 N–H and O–H groups in total. The molecule has 3 nitrogen and oxygen atoms in total. The van der Waals surface area contributed by atoms with Crippen LogP contribution in [0.5, 0.6) is 0 Å². The first-order valence-electron chi connectivity index (χ1n) is 7.90. The van der Waals surface area contributed by atoms with Gasteiger partial charge in [0.25, 0.3) is 0 Å². The minimum absolute atomic E-state index is 0.152. The van der Waals surface area contributed by atoms with Crippen LogP contribution >= 0.6 is 0 Å². The van der Waals surface area contributed by atoms with E-state index in [0.717, 1.165) is 49.6 Å². The summed E-state index contributed by atoms with van der Waals surface area (Å²) >= 11 is 0. The van der Waals surface area contributed by atoms with Gasteiger partial charge in [-0.05, 0) is 19.3 Å². The standard InChI is InChI=1S/C15H22F3N3/c16-15(17,18)7-3-9-21-13-6-8-19-10-12(13)20-14(21)11-4-1-2-5-11/h11,19H,1-10H2. The molecule has 2 aliphatic rings. The molecule has 0 saturated heterocycles. The van der Waals surface area contributed by atoms with Crippen molar-refractivity contribution in [3.63, 3.8) is 0 Å². The molecule has 1 fully saturated rings. The number of hydrogen-bond acceptors (Lipinski definition) is 2. The molecule has 1 aromatic heterocycles. The maximum Gasteiger partial charge on any atom is 0.389 e. The molecule has 0 aromatic carbocycles. The second kappa shape index (κ2) is 5.99. The SMILES string of the molecule is FC(F)(F)CCCn1c(C2CCCC2)nc2c1CCNC2. The third-order valence-electron chi connectivity index (χ3n) is 4.58. The maximum atomic E-state index is 12.4. The van der Waals surface area contributed by atoms with Crippen molar-refractivity contribution in [2.45, 2.75) is 70.1 Å². The van der Waals surface area contributed by atoms with Gasteiger partial charge in [0.05, 0.1) is 5.69 Å². The number of aromatic nitrogens is 2. The molecule has 0 spiro atoms. The highest BCUT2D eigenvalue weighted by Gasteiger charge is 2.29. The third-order valence-corrected chi connectivity index (χ3v) is 4.58. The Balaban J connectivity index is 1.79. The first kappa shape index (κ1) is 14.9. The lowest BCUT2D eigenvalue weighted by Crippen LogP contribution is -2.25. The number of fused-ring (bicyclic) bond motifs is 1. The van der Waals surface area contributed by atoms with Crippen molar-refractivity contribution in [2.75, 3.05) is 6.54 Å². The van der Waals surface area contributed by atoms with Gasteiger partial charge < -0.3 is 9.88 Å². The van der Waals surface area contributed by atoms with Crippen LogP contribution in [0.2, 0.25) is 0 Å². The molecule has 0 unspecified atom stereocenters. The number of rotatable bonds is 4. The van der Waals surface area contributed by atoms with Crippen LogP contribution in [-0.4, -0.2) is 22.3 Å². The largest absolute Gasteiger partial charge is 0.389 e. The molecule has 0 bridgehead atoms. The van der Waals surface area contributed by atoms with Crippen molar-refractivity contribution in [3.05, 3.63) is 17.2 Å². The normalized spacial score (nSPS) is 20.0. The highest BCUT2D eigenvalue weighted by atomic mass is 19.4. The van der Waals surface area contributed by atoms with Crippen LogP contribution in [0.4, 0.5) is 13.2 Å². The summed E-state index contributed by atoms with van der Waals surface area (Å²) in [6.07, 6.45) is 0.940. The molecule has 3 rings (SSSR count). The van der Waals surface area contributed by atoms with Crippen molar-refractivity contribution in [3.8, 4) is 0 Å². The van der Waals surface area contributed by atoms with Gasteiger partial charge in [-0.1, -0.05) is 12.8 Å². The van der Waals surface area contributed by atoms with Crippen LogP contribution in [-0.2, 0) is 19.5 Å². The average Bonchev–Trinajstić information content (AvgIpc) is 3.04. The molecular weight excluding hydrogens is 279 g/mol. The highest BCUT2D eigenvalue weighted by molar-refractivity contribution is 5.22. The fourth-order valence-electron chi connectivity index (χ4n) is 3.57. The molecule has 0 radical (unpaired) electrons. The third kappa shape index (κ3) is 3.42. The molecule has 2 heterocycles. The summed E-state index contributed by atoms with van der Waals surface area (Å²) in [4.78, 5) is 4.77. The summed E-state index contributed by atoms with van der Waals surface area (Å²) in [5.41, 5.74) is 2.22. The minimum Gasteiger partial charge on any atom is -0.331 e. The summed E-state index contributed by atoms with van der Waals surface area (Å²) in [7, 11) is 0. The second-order valence-corrected chi connectivity index (χ2v) is 6.14. The van der Waals surface area contributed by atoms with Gasteiger partial charge in [-0.3, -0.25) is 0 Å². The fraction of sp³-hybridized carbons (Fsp3) is 0.800. The Morgan fingerprint density at radius 3 is 2.71 bits per heavy atom. The summed E-state index contributed by atoms with van der Waals surface area (Å²) in [5.74, 6) is 1.49. The molecule has 1 aromatic rings. The number of nitrogens with one attached hydrogen (secondary N) is 1. The Morgan fingerprint density at radius 1 is 1.24 bits per heavy atom. The zero-order valence-electron chi connectivity index (χ0n) is 12.2. The summed E-state index contributed by atoms with van der Waals surface area (Å²) in [5, 5.41) is 3.30. The van der Waals surface area contributed by atoms with Gasteiger partial charge in [0.2, 0.25) is 0 Å². The lowest BCUT2D eigenvalue weighted by Gasteiger charge is -2.18. The van der Waals surface area contributed by atoms with E-state index in [1.807, 2.05) is 0 Å². The molecule has 1 aliphatic carbocycles. The molecule has 118 valence electrons. The molecule has 1 aliphatic heterocycles. The van der Waals surface area contributed by atoms with Crippen LogP contribution in [0.15, 0.2) is 0 Å². The maximum absolute atomic E-state index is 12.4. The quantitative estimate of drug-likeness (QED) is 0.922. The van der Waals surface area contributed by atoms with E-state index in [4.69, 9.17) is 4.98 Å². The van der Waals surface area contributed by atoms with E-state index in [2.05, 4.69) is 9.88 Å². The number of halogens is 3.